The average Bonchev–Trinajstić information content (AvgIpc) is 3.17. The van der Waals surface area contributed by atoms with Crippen molar-refractivity contribution in [3.8, 4) is 0 Å². The molecule has 2 heterocycles. The lowest BCUT2D eigenvalue weighted by molar-refractivity contribution is -0.137. The molecule has 0 aliphatic heterocycles. The van der Waals surface area contributed by atoms with Crippen LogP contribution in [0.25, 0.3) is 10.9 Å². The zero-order chi connectivity index (χ0) is 23.6. The predicted octanol–water partition coefficient (Wildman–Crippen LogP) is 4.99. The number of carbonyl (C=O) groups is 1. The summed E-state index contributed by atoms with van der Waals surface area (Å²) < 4.78 is 41.5. The Bertz CT molecular complexity index is 1350. The van der Waals surface area contributed by atoms with Gasteiger partial charge in [0.25, 0.3) is 0 Å². The maximum absolute atomic E-state index is 13.3. The summed E-state index contributed by atoms with van der Waals surface area (Å²) in [4.78, 5) is 20.3. The second kappa shape index (κ2) is 8.61. The number of nitrogens with one attached hydrogen (secondary N) is 3. The summed E-state index contributed by atoms with van der Waals surface area (Å²) in [7, 11) is 1.75. The minimum atomic E-state index is -4.52. The van der Waals surface area contributed by atoms with Crippen molar-refractivity contribution in [2.45, 2.75) is 6.18 Å². The van der Waals surface area contributed by atoms with Crippen LogP contribution in [0.3, 0.4) is 0 Å². The van der Waals surface area contributed by atoms with Crippen LogP contribution in [-0.2, 0) is 18.0 Å². The molecule has 4 aromatic rings. The number of benzene rings is 2. The highest BCUT2D eigenvalue weighted by Gasteiger charge is 2.31. The Kier molecular flexibility index (Phi) is 5.69. The minimum Gasteiger partial charge on any atom is -0.339 e. The van der Waals surface area contributed by atoms with Gasteiger partial charge in [0.1, 0.15) is 5.82 Å². The van der Waals surface area contributed by atoms with Crippen LogP contribution in [0.2, 0.25) is 0 Å². The van der Waals surface area contributed by atoms with Gasteiger partial charge in [-0.3, -0.25) is 9.48 Å². The molecule has 0 saturated heterocycles. The third-order valence-electron chi connectivity index (χ3n) is 4.56. The van der Waals surface area contributed by atoms with E-state index in [1.54, 1.807) is 48.4 Å². The molecule has 4 rings (SSSR count). The second-order valence-electron chi connectivity index (χ2n) is 7.05. The van der Waals surface area contributed by atoms with Crippen LogP contribution in [0.4, 0.5) is 42.0 Å². The summed E-state index contributed by atoms with van der Waals surface area (Å²) in [6.07, 6.45) is -0.113. The number of hydrogen-bond donors (Lipinski definition) is 3. The van der Waals surface area contributed by atoms with Crippen molar-refractivity contribution < 1.29 is 18.0 Å². The lowest BCUT2D eigenvalue weighted by atomic mass is 10.1. The van der Waals surface area contributed by atoms with Crippen molar-refractivity contribution >= 4 is 45.6 Å². The summed E-state index contributed by atoms with van der Waals surface area (Å²) in [6, 6.07) is 9.92. The third kappa shape index (κ3) is 5.09. The molecule has 2 aromatic carbocycles. The Morgan fingerprint density at radius 3 is 2.55 bits per heavy atom. The maximum Gasteiger partial charge on any atom is 0.416 e. The van der Waals surface area contributed by atoms with Crippen molar-refractivity contribution in [1.82, 2.24) is 19.7 Å². The number of anilines is 5. The fourth-order valence-electron chi connectivity index (χ4n) is 3.08. The topological polar surface area (TPSA) is 96.8 Å². The highest BCUT2D eigenvalue weighted by Crippen LogP contribution is 2.34. The summed E-state index contributed by atoms with van der Waals surface area (Å²) in [5.74, 6) is -0.0593. The molecule has 0 radical (unpaired) electrons. The van der Waals surface area contributed by atoms with Gasteiger partial charge in [0.2, 0.25) is 11.9 Å². The van der Waals surface area contributed by atoms with E-state index in [-0.39, 0.29) is 17.2 Å². The van der Waals surface area contributed by atoms with Crippen LogP contribution in [0.1, 0.15) is 5.56 Å². The van der Waals surface area contributed by atoms with Crippen LogP contribution in [0, 0.1) is 0 Å². The molecular formula is C22H18F3N7O. The molecule has 0 atom stereocenters. The van der Waals surface area contributed by atoms with Crippen molar-refractivity contribution in [3.05, 3.63) is 73.1 Å². The van der Waals surface area contributed by atoms with E-state index in [0.717, 1.165) is 18.2 Å². The van der Waals surface area contributed by atoms with E-state index in [2.05, 4.69) is 37.6 Å². The Morgan fingerprint density at radius 1 is 1.06 bits per heavy atom. The van der Waals surface area contributed by atoms with Crippen molar-refractivity contribution in [3.63, 3.8) is 0 Å². The van der Waals surface area contributed by atoms with Gasteiger partial charge in [-0.1, -0.05) is 12.6 Å². The Balaban J connectivity index is 1.77. The standard InChI is InChI=1S/C22H18F3N7O/c1-3-19(33)27-14-5-4-6-15(10-14)28-20-17-9-13(22(23,24)25)7-8-18(17)30-21(31-20)29-16-11-26-32(2)12-16/h3-12H,1H2,2H3,(H,27,33)(H2,28,29,30,31). The molecule has 0 saturated carbocycles. The van der Waals surface area contributed by atoms with Gasteiger partial charge in [-0.05, 0) is 42.5 Å². The highest BCUT2D eigenvalue weighted by molar-refractivity contribution is 5.99. The summed E-state index contributed by atoms with van der Waals surface area (Å²) in [5, 5.41) is 12.9. The van der Waals surface area contributed by atoms with E-state index in [1.807, 2.05) is 0 Å². The number of hydrogen-bond acceptors (Lipinski definition) is 6. The Morgan fingerprint density at radius 2 is 1.85 bits per heavy atom. The monoisotopic (exact) mass is 453 g/mol. The summed E-state index contributed by atoms with van der Waals surface area (Å²) >= 11 is 0. The predicted molar refractivity (Wildman–Crippen MR) is 120 cm³/mol. The van der Waals surface area contributed by atoms with Crippen LogP contribution in [0.5, 0.6) is 0 Å². The smallest absolute Gasteiger partial charge is 0.339 e. The molecule has 0 aliphatic carbocycles. The number of alkyl halides is 3. The van der Waals surface area contributed by atoms with Crippen molar-refractivity contribution in [2.24, 2.45) is 7.05 Å². The molecule has 168 valence electrons. The van der Waals surface area contributed by atoms with Gasteiger partial charge in [-0.25, -0.2) is 4.98 Å². The van der Waals surface area contributed by atoms with Crippen LogP contribution in [-0.4, -0.2) is 25.7 Å². The van der Waals surface area contributed by atoms with E-state index in [4.69, 9.17) is 0 Å². The Hall–Kier alpha value is -4.41. The first-order chi connectivity index (χ1) is 15.7. The third-order valence-corrected chi connectivity index (χ3v) is 4.56. The van der Waals surface area contributed by atoms with E-state index >= 15 is 0 Å². The number of amides is 1. The molecule has 1 amide bonds. The quantitative estimate of drug-likeness (QED) is 0.356. The van der Waals surface area contributed by atoms with E-state index in [1.165, 1.54) is 6.07 Å². The molecule has 8 nitrogen and oxygen atoms in total. The second-order valence-corrected chi connectivity index (χ2v) is 7.05. The molecule has 0 unspecified atom stereocenters. The molecular weight excluding hydrogens is 435 g/mol. The molecule has 3 N–H and O–H groups in total. The molecule has 0 fully saturated rings. The first-order valence-corrected chi connectivity index (χ1v) is 9.66. The van der Waals surface area contributed by atoms with E-state index in [9.17, 15) is 18.0 Å². The first kappa shape index (κ1) is 21.8. The molecule has 11 heteroatoms. The molecule has 0 bridgehead atoms. The van der Waals surface area contributed by atoms with Crippen molar-refractivity contribution in [2.75, 3.05) is 16.0 Å². The average molecular weight is 453 g/mol. The number of rotatable bonds is 6. The molecule has 33 heavy (non-hydrogen) atoms. The maximum atomic E-state index is 13.3. The lowest BCUT2D eigenvalue weighted by Gasteiger charge is -2.14. The number of aryl methyl sites for hydroxylation is 1. The lowest BCUT2D eigenvalue weighted by Crippen LogP contribution is -2.08. The van der Waals surface area contributed by atoms with Crippen LogP contribution in [0.15, 0.2) is 67.5 Å². The molecule has 0 aliphatic rings. The fourth-order valence-corrected chi connectivity index (χ4v) is 3.08. The Labute approximate surface area is 186 Å². The summed E-state index contributed by atoms with van der Waals surface area (Å²) in [5.41, 5.74) is 1.09. The van der Waals surface area contributed by atoms with Gasteiger partial charge in [-0.15, -0.1) is 0 Å². The van der Waals surface area contributed by atoms with Gasteiger partial charge in [0.05, 0.1) is 23.0 Å². The number of halogens is 3. The SMILES string of the molecule is C=CC(=O)Nc1cccc(Nc2nc(Nc3cnn(C)c3)nc3ccc(C(F)(F)F)cc23)c1. The van der Waals surface area contributed by atoms with Gasteiger partial charge >= 0.3 is 6.18 Å². The minimum absolute atomic E-state index is 0.157. The van der Waals surface area contributed by atoms with Crippen LogP contribution >= 0.6 is 0 Å². The summed E-state index contributed by atoms with van der Waals surface area (Å²) in [6.45, 7) is 3.41. The zero-order valence-electron chi connectivity index (χ0n) is 17.3. The molecule has 2 aromatic heterocycles. The van der Waals surface area contributed by atoms with E-state index in [0.29, 0.717) is 22.6 Å². The van der Waals surface area contributed by atoms with Crippen LogP contribution < -0.4 is 16.0 Å². The largest absolute Gasteiger partial charge is 0.416 e. The fraction of sp³-hybridized carbons (Fsp3) is 0.0909. The van der Waals surface area contributed by atoms with Gasteiger partial charge in [-0.2, -0.15) is 23.3 Å². The van der Waals surface area contributed by atoms with Gasteiger partial charge in [0.15, 0.2) is 0 Å². The van der Waals surface area contributed by atoms with Gasteiger partial charge in [0, 0.05) is 30.0 Å². The first-order valence-electron chi connectivity index (χ1n) is 9.66. The van der Waals surface area contributed by atoms with E-state index < -0.39 is 17.6 Å². The highest BCUT2D eigenvalue weighted by atomic mass is 19.4. The normalized spacial score (nSPS) is 11.3. The number of carbonyl (C=O) groups excluding carboxylic acids is 1. The zero-order valence-corrected chi connectivity index (χ0v) is 17.3. The molecule has 0 spiro atoms. The number of fused-ring (bicyclic) bond motifs is 1. The van der Waals surface area contributed by atoms with Crippen molar-refractivity contribution in [1.29, 1.82) is 0 Å². The number of nitrogens with zero attached hydrogens (tertiary/aromatic N) is 4. The van der Waals surface area contributed by atoms with Gasteiger partial charge < -0.3 is 16.0 Å². The number of aromatic nitrogens is 4.